The highest BCUT2D eigenvalue weighted by Crippen LogP contribution is 2.25. The van der Waals surface area contributed by atoms with Crippen molar-refractivity contribution < 1.29 is 4.74 Å². The van der Waals surface area contributed by atoms with E-state index >= 15 is 0 Å². The summed E-state index contributed by atoms with van der Waals surface area (Å²) in [7, 11) is 1.68. The van der Waals surface area contributed by atoms with Gasteiger partial charge in [-0.15, -0.1) is 0 Å². The predicted molar refractivity (Wildman–Crippen MR) is 90.7 cm³/mol. The van der Waals surface area contributed by atoms with Gasteiger partial charge in [0.1, 0.15) is 5.75 Å². The van der Waals surface area contributed by atoms with Gasteiger partial charge in [-0.1, -0.05) is 39.7 Å². The topological polar surface area (TPSA) is 47.3 Å². The third-order valence-corrected chi connectivity index (χ3v) is 4.04. The first-order valence-corrected chi connectivity index (χ1v) is 7.82. The van der Waals surface area contributed by atoms with Gasteiger partial charge in [0, 0.05) is 15.5 Å². The number of hydrogen-bond acceptors (Lipinski definition) is 3. The lowest BCUT2D eigenvalue weighted by Gasteiger charge is -2.18. The minimum Gasteiger partial charge on any atom is -0.496 e. The standard InChI is InChI=1S/C16H18BrClN2O/c1-21-16-6-5-13(17)9-12(16)10-15(20-19)8-11-3-2-4-14(18)7-11/h2-7,9,15,20H,8,10,19H2,1H3. The summed E-state index contributed by atoms with van der Waals surface area (Å²) in [4.78, 5) is 0. The van der Waals surface area contributed by atoms with E-state index in [1.165, 1.54) is 0 Å². The maximum atomic E-state index is 6.02. The van der Waals surface area contributed by atoms with Crippen LogP contribution in [0.4, 0.5) is 0 Å². The number of nitrogens with two attached hydrogens (primary N) is 1. The molecule has 0 heterocycles. The molecule has 3 N–H and O–H groups in total. The third-order valence-electron chi connectivity index (χ3n) is 3.32. The minimum atomic E-state index is 0.103. The molecule has 0 amide bonds. The Kier molecular flexibility index (Phi) is 6.06. The molecule has 0 radical (unpaired) electrons. The van der Waals surface area contributed by atoms with Crippen LogP contribution in [0.2, 0.25) is 5.02 Å². The number of benzene rings is 2. The van der Waals surface area contributed by atoms with Crippen molar-refractivity contribution in [2.24, 2.45) is 5.84 Å². The molecule has 0 saturated heterocycles. The summed E-state index contributed by atoms with van der Waals surface area (Å²) in [5.74, 6) is 6.57. The average Bonchev–Trinajstić information content (AvgIpc) is 2.47. The van der Waals surface area contributed by atoms with Crippen LogP contribution < -0.4 is 16.0 Å². The molecule has 0 fully saturated rings. The zero-order valence-electron chi connectivity index (χ0n) is 11.8. The van der Waals surface area contributed by atoms with E-state index in [0.717, 1.165) is 39.2 Å². The number of halogens is 2. The minimum absolute atomic E-state index is 0.103. The monoisotopic (exact) mass is 368 g/mol. The normalized spacial score (nSPS) is 12.2. The molecule has 0 saturated carbocycles. The van der Waals surface area contributed by atoms with Crippen molar-refractivity contribution in [2.45, 2.75) is 18.9 Å². The Morgan fingerprint density at radius 1 is 1.24 bits per heavy atom. The highest BCUT2D eigenvalue weighted by molar-refractivity contribution is 9.10. The first kappa shape index (κ1) is 16.3. The van der Waals surface area contributed by atoms with Gasteiger partial charge in [-0.3, -0.25) is 11.3 Å². The number of ether oxygens (including phenoxy) is 1. The maximum absolute atomic E-state index is 6.02. The van der Waals surface area contributed by atoms with Crippen LogP contribution >= 0.6 is 27.5 Å². The molecule has 2 rings (SSSR count). The van der Waals surface area contributed by atoms with Crippen molar-refractivity contribution in [3.8, 4) is 5.75 Å². The average molecular weight is 370 g/mol. The number of hydrazine groups is 1. The molecule has 3 nitrogen and oxygen atoms in total. The summed E-state index contributed by atoms with van der Waals surface area (Å²) < 4.78 is 6.43. The van der Waals surface area contributed by atoms with Gasteiger partial charge in [0.2, 0.25) is 0 Å². The number of rotatable bonds is 6. The molecular formula is C16H18BrClN2O. The Labute approximate surface area is 138 Å². The van der Waals surface area contributed by atoms with Crippen LogP contribution in [0, 0.1) is 0 Å². The van der Waals surface area contributed by atoms with Crippen molar-refractivity contribution >= 4 is 27.5 Å². The van der Waals surface area contributed by atoms with Gasteiger partial charge >= 0.3 is 0 Å². The molecule has 0 bridgehead atoms. The van der Waals surface area contributed by atoms with E-state index in [9.17, 15) is 0 Å². The largest absolute Gasteiger partial charge is 0.496 e. The fourth-order valence-corrected chi connectivity index (χ4v) is 2.93. The third kappa shape index (κ3) is 4.71. The molecule has 1 unspecified atom stereocenters. The van der Waals surface area contributed by atoms with Crippen molar-refractivity contribution in [1.29, 1.82) is 0 Å². The highest BCUT2D eigenvalue weighted by atomic mass is 79.9. The van der Waals surface area contributed by atoms with E-state index < -0.39 is 0 Å². The molecule has 21 heavy (non-hydrogen) atoms. The zero-order chi connectivity index (χ0) is 15.2. The van der Waals surface area contributed by atoms with E-state index in [2.05, 4.69) is 27.4 Å². The van der Waals surface area contributed by atoms with Crippen LogP contribution in [0.5, 0.6) is 5.75 Å². The van der Waals surface area contributed by atoms with Gasteiger partial charge in [-0.05, 0) is 54.3 Å². The maximum Gasteiger partial charge on any atom is 0.122 e. The van der Waals surface area contributed by atoms with Crippen LogP contribution in [0.1, 0.15) is 11.1 Å². The summed E-state index contributed by atoms with van der Waals surface area (Å²) in [5, 5.41) is 0.739. The molecule has 0 aliphatic rings. The van der Waals surface area contributed by atoms with Gasteiger partial charge < -0.3 is 4.74 Å². The fourth-order valence-electron chi connectivity index (χ4n) is 2.31. The zero-order valence-corrected chi connectivity index (χ0v) is 14.1. The summed E-state index contributed by atoms with van der Waals surface area (Å²) in [6.45, 7) is 0. The summed E-state index contributed by atoms with van der Waals surface area (Å²) in [6, 6.07) is 13.9. The molecule has 1 atom stereocenters. The number of nitrogens with one attached hydrogen (secondary N) is 1. The van der Waals surface area contributed by atoms with Crippen LogP contribution in [0.25, 0.3) is 0 Å². The van der Waals surface area contributed by atoms with Crippen LogP contribution in [-0.2, 0) is 12.8 Å². The molecule has 0 aliphatic carbocycles. The quantitative estimate of drug-likeness (QED) is 0.602. The SMILES string of the molecule is COc1ccc(Br)cc1CC(Cc1cccc(Cl)c1)NN. The lowest BCUT2D eigenvalue weighted by atomic mass is 9.99. The lowest BCUT2D eigenvalue weighted by molar-refractivity contribution is 0.404. The predicted octanol–water partition coefficient (Wildman–Crippen LogP) is 3.73. The number of methoxy groups -OCH3 is 1. The van der Waals surface area contributed by atoms with E-state index in [1.54, 1.807) is 7.11 Å². The first-order chi connectivity index (χ1) is 10.1. The van der Waals surface area contributed by atoms with Crippen LogP contribution in [0.15, 0.2) is 46.9 Å². The van der Waals surface area contributed by atoms with Gasteiger partial charge in [0.25, 0.3) is 0 Å². The molecule has 2 aromatic carbocycles. The van der Waals surface area contributed by atoms with Gasteiger partial charge in [-0.2, -0.15) is 0 Å². The fraction of sp³-hybridized carbons (Fsp3) is 0.250. The Bertz CT molecular complexity index is 607. The van der Waals surface area contributed by atoms with Crippen molar-refractivity contribution in [1.82, 2.24) is 5.43 Å². The summed E-state index contributed by atoms with van der Waals surface area (Å²) in [6.07, 6.45) is 1.57. The van der Waals surface area contributed by atoms with Crippen molar-refractivity contribution in [3.05, 3.63) is 63.1 Å². The molecule has 0 aromatic heterocycles. The second-order valence-corrected chi connectivity index (χ2v) is 6.21. The Hall–Kier alpha value is -1.07. The Balaban J connectivity index is 2.14. The van der Waals surface area contributed by atoms with Crippen molar-refractivity contribution in [2.75, 3.05) is 7.11 Å². The van der Waals surface area contributed by atoms with Gasteiger partial charge in [0.15, 0.2) is 0 Å². The number of hydrogen-bond donors (Lipinski definition) is 2. The second-order valence-electron chi connectivity index (χ2n) is 4.86. The van der Waals surface area contributed by atoms with Crippen LogP contribution in [-0.4, -0.2) is 13.2 Å². The first-order valence-electron chi connectivity index (χ1n) is 6.65. The summed E-state index contributed by atoms with van der Waals surface area (Å²) >= 11 is 9.51. The van der Waals surface area contributed by atoms with E-state index in [-0.39, 0.29) is 6.04 Å². The highest BCUT2D eigenvalue weighted by Gasteiger charge is 2.13. The second kappa shape index (κ2) is 7.80. The van der Waals surface area contributed by atoms with Gasteiger partial charge in [0.05, 0.1) is 7.11 Å². The summed E-state index contributed by atoms with van der Waals surface area (Å²) in [5.41, 5.74) is 5.14. The Morgan fingerprint density at radius 2 is 2.05 bits per heavy atom. The molecule has 5 heteroatoms. The Morgan fingerprint density at radius 3 is 2.71 bits per heavy atom. The van der Waals surface area contributed by atoms with E-state index in [1.807, 2.05) is 36.4 Å². The molecule has 0 spiro atoms. The van der Waals surface area contributed by atoms with Crippen molar-refractivity contribution in [3.63, 3.8) is 0 Å². The van der Waals surface area contributed by atoms with Gasteiger partial charge in [-0.25, -0.2) is 0 Å². The van der Waals surface area contributed by atoms with E-state index in [0.29, 0.717) is 0 Å². The molecular weight excluding hydrogens is 352 g/mol. The molecule has 0 aliphatic heterocycles. The molecule has 2 aromatic rings. The van der Waals surface area contributed by atoms with E-state index in [4.69, 9.17) is 22.2 Å². The van der Waals surface area contributed by atoms with Crippen LogP contribution in [0.3, 0.4) is 0 Å². The smallest absolute Gasteiger partial charge is 0.122 e. The lowest BCUT2D eigenvalue weighted by Crippen LogP contribution is -2.38. The molecule has 112 valence electrons.